The molecule has 0 aliphatic rings. The van der Waals surface area contributed by atoms with Crippen LogP contribution in [0.1, 0.15) is 26.7 Å². The maximum absolute atomic E-state index is 11.3. The number of hydrogen-bond acceptors (Lipinski definition) is 2. The topological polar surface area (TPSA) is 20.3 Å². The Morgan fingerprint density at radius 2 is 1.92 bits per heavy atom. The number of rotatable bonds is 5. The summed E-state index contributed by atoms with van der Waals surface area (Å²) >= 11 is 1.17. The van der Waals surface area contributed by atoms with E-state index < -0.39 is 0 Å². The lowest BCUT2D eigenvalue weighted by Crippen LogP contribution is -2.28. The van der Waals surface area contributed by atoms with Crippen LogP contribution in [0.4, 0.5) is 4.79 Å². The van der Waals surface area contributed by atoms with Crippen LogP contribution in [0.25, 0.3) is 0 Å². The van der Waals surface area contributed by atoms with Crippen molar-refractivity contribution in [3.63, 3.8) is 0 Å². The second kappa shape index (κ2) is 7.22. The molecule has 0 spiro atoms. The first kappa shape index (κ1) is 11.6. The van der Waals surface area contributed by atoms with E-state index in [1.54, 1.807) is 5.41 Å². The van der Waals surface area contributed by atoms with Crippen molar-refractivity contribution in [2.24, 2.45) is 0 Å². The largest absolute Gasteiger partial charge is 0.333 e. The van der Waals surface area contributed by atoms with Gasteiger partial charge in [-0.1, -0.05) is 20.4 Å². The van der Waals surface area contributed by atoms with Gasteiger partial charge in [-0.2, -0.15) is 0 Å². The minimum Gasteiger partial charge on any atom is -0.333 e. The molecular formula is C9H17NOS. The standard InChI is InChI=1S/C9H17NOS/c1-4-7-10(8-5-2)9(11)12-6-3/h6H,3-5,7-8H2,1-2H3. The maximum Gasteiger partial charge on any atom is 0.285 e. The van der Waals surface area contributed by atoms with E-state index in [0.717, 1.165) is 25.9 Å². The van der Waals surface area contributed by atoms with Crippen LogP contribution in [0.2, 0.25) is 0 Å². The molecular weight excluding hydrogens is 170 g/mol. The van der Waals surface area contributed by atoms with Crippen molar-refractivity contribution in [1.29, 1.82) is 0 Å². The SMILES string of the molecule is C=CSC(=O)N(CCC)CCC. The number of nitrogens with zero attached hydrogens (tertiary/aromatic N) is 1. The normalized spacial score (nSPS) is 9.50. The van der Waals surface area contributed by atoms with Gasteiger partial charge in [0.25, 0.3) is 5.24 Å². The van der Waals surface area contributed by atoms with Gasteiger partial charge in [0.05, 0.1) is 0 Å². The molecule has 0 aliphatic carbocycles. The third kappa shape index (κ3) is 4.44. The smallest absolute Gasteiger partial charge is 0.285 e. The summed E-state index contributed by atoms with van der Waals surface area (Å²) < 4.78 is 0. The molecule has 0 aromatic rings. The Morgan fingerprint density at radius 1 is 1.42 bits per heavy atom. The predicted molar refractivity (Wildman–Crippen MR) is 55.3 cm³/mol. The summed E-state index contributed by atoms with van der Waals surface area (Å²) in [5.41, 5.74) is 0. The monoisotopic (exact) mass is 187 g/mol. The van der Waals surface area contributed by atoms with E-state index in [1.165, 1.54) is 11.8 Å². The highest BCUT2D eigenvalue weighted by molar-refractivity contribution is 8.16. The first-order chi connectivity index (χ1) is 5.76. The lowest BCUT2D eigenvalue weighted by molar-refractivity contribution is 0.223. The molecule has 0 radical (unpaired) electrons. The zero-order valence-corrected chi connectivity index (χ0v) is 8.69. The molecule has 3 heteroatoms. The van der Waals surface area contributed by atoms with Crippen LogP contribution in [-0.4, -0.2) is 23.2 Å². The Kier molecular flexibility index (Phi) is 6.96. The number of thioether (sulfide) groups is 1. The van der Waals surface area contributed by atoms with Crippen molar-refractivity contribution in [1.82, 2.24) is 4.90 Å². The van der Waals surface area contributed by atoms with Gasteiger partial charge in [-0.05, 0) is 30.0 Å². The van der Waals surface area contributed by atoms with Gasteiger partial charge < -0.3 is 4.90 Å². The van der Waals surface area contributed by atoms with Crippen LogP contribution in [0, 0.1) is 0 Å². The molecule has 0 unspecified atom stereocenters. The summed E-state index contributed by atoms with van der Waals surface area (Å²) in [4.78, 5) is 13.2. The van der Waals surface area contributed by atoms with E-state index in [0.29, 0.717) is 0 Å². The second-order valence-corrected chi connectivity index (χ2v) is 3.46. The Bertz CT molecular complexity index is 141. The van der Waals surface area contributed by atoms with Crippen molar-refractivity contribution in [2.45, 2.75) is 26.7 Å². The Hall–Kier alpha value is -0.440. The fourth-order valence-electron chi connectivity index (χ4n) is 0.980. The molecule has 12 heavy (non-hydrogen) atoms. The average Bonchev–Trinajstić information content (AvgIpc) is 2.04. The molecule has 0 bridgehead atoms. The van der Waals surface area contributed by atoms with Crippen LogP contribution in [0.5, 0.6) is 0 Å². The molecule has 70 valence electrons. The molecule has 0 fully saturated rings. The van der Waals surface area contributed by atoms with Crippen LogP contribution in [0.15, 0.2) is 12.0 Å². The summed E-state index contributed by atoms with van der Waals surface area (Å²) in [7, 11) is 0. The third-order valence-electron chi connectivity index (χ3n) is 1.43. The zero-order chi connectivity index (χ0) is 9.40. The van der Waals surface area contributed by atoms with E-state index in [9.17, 15) is 4.79 Å². The minimum atomic E-state index is 0.119. The van der Waals surface area contributed by atoms with Crippen molar-refractivity contribution in [3.05, 3.63) is 12.0 Å². The highest BCUT2D eigenvalue weighted by Crippen LogP contribution is 2.09. The number of carbonyl (C=O) groups is 1. The summed E-state index contributed by atoms with van der Waals surface area (Å²) in [6.07, 6.45) is 2.03. The number of hydrogen-bond donors (Lipinski definition) is 0. The lowest BCUT2D eigenvalue weighted by atomic mass is 10.4. The molecule has 0 rings (SSSR count). The summed E-state index contributed by atoms with van der Waals surface area (Å²) in [6.45, 7) is 9.38. The van der Waals surface area contributed by atoms with Crippen LogP contribution < -0.4 is 0 Å². The molecule has 0 heterocycles. The summed E-state index contributed by atoms with van der Waals surface area (Å²) in [5, 5.41) is 1.70. The molecule has 2 nitrogen and oxygen atoms in total. The molecule has 0 saturated heterocycles. The average molecular weight is 187 g/mol. The molecule has 0 saturated carbocycles. The molecule has 0 aromatic heterocycles. The van der Waals surface area contributed by atoms with Crippen molar-refractivity contribution in [2.75, 3.05) is 13.1 Å². The molecule has 0 aromatic carbocycles. The summed E-state index contributed by atoms with van der Waals surface area (Å²) in [6, 6.07) is 0. The van der Waals surface area contributed by atoms with Crippen molar-refractivity contribution in [3.8, 4) is 0 Å². The molecule has 0 N–H and O–H groups in total. The van der Waals surface area contributed by atoms with Gasteiger partial charge >= 0.3 is 0 Å². The third-order valence-corrected chi connectivity index (χ3v) is 2.06. The fourth-order valence-corrected chi connectivity index (χ4v) is 1.45. The highest BCUT2D eigenvalue weighted by atomic mass is 32.2. The highest BCUT2D eigenvalue weighted by Gasteiger charge is 2.09. The minimum absolute atomic E-state index is 0.119. The number of amides is 1. The van der Waals surface area contributed by atoms with Gasteiger partial charge in [0.15, 0.2) is 0 Å². The van der Waals surface area contributed by atoms with Gasteiger partial charge in [-0.3, -0.25) is 4.79 Å². The van der Waals surface area contributed by atoms with E-state index >= 15 is 0 Å². The van der Waals surface area contributed by atoms with E-state index in [2.05, 4.69) is 20.4 Å². The van der Waals surface area contributed by atoms with Gasteiger partial charge in [0, 0.05) is 13.1 Å². The number of carbonyl (C=O) groups excluding carboxylic acids is 1. The van der Waals surface area contributed by atoms with Gasteiger partial charge in [-0.25, -0.2) is 0 Å². The van der Waals surface area contributed by atoms with Gasteiger partial charge in [0.1, 0.15) is 0 Å². The van der Waals surface area contributed by atoms with E-state index in [1.807, 2.05) is 4.90 Å². The van der Waals surface area contributed by atoms with E-state index in [-0.39, 0.29) is 5.24 Å². The molecule has 0 atom stereocenters. The lowest BCUT2D eigenvalue weighted by Gasteiger charge is -2.19. The second-order valence-electron chi connectivity index (χ2n) is 2.54. The Balaban J connectivity index is 3.89. The maximum atomic E-state index is 11.3. The first-order valence-electron chi connectivity index (χ1n) is 4.32. The zero-order valence-electron chi connectivity index (χ0n) is 7.88. The quantitative estimate of drug-likeness (QED) is 0.659. The Morgan fingerprint density at radius 3 is 2.25 bits per heavy atom. The van der Waals surface area contributed by atoms with Crippen molar-refractivity contribution < 1.29 is 4.79 Å². The van der Waals surface area contributed by atoms with Crippen LogP contribution >= 0.6 is 11.8 Å². The fraction of sp³-hybridized carbons (Fsp3) is 0.667. The summed E-state index contributed by atoms with van der Waals surface area (Å²) in [5.74, 6) is 0. The van der Waals surface area contributed by atoms with E-state index in [4.69, 9.17) is 0 Å². The van der Waals surface area contributed by atoms with Gasteiger partial charge in [0.2, 0.25) is 0 Å². The van der Waals surface area contributed by atoms with Gasteiger partial charge in [-0.15, -0.1) is 0 Å². The van der Waals surface area contributed by atoms with Crippen molar-refractivity contribution >= 4 is 17.0 Å². The van der Waals surface area contributed by atoms with Crippen LogP contribution in [-0.2, 0) is 0 Å². The first-order valence-corrected chi connectivity index (χ1v) is 5.20. The molecule has 1 amide bonds. The predicted octanol–water partition coefficient (Wildman–Crippen LogP) is 3.11. The van der Waals surface area contributed by atoms with Crippen LogP contribution in [0.3, 0.4) is 0 Å². The Labute approximate surface area is 79.0 Å². The molecule has 0 aliphatic heterocycles.